The minimum atomic E-state index is -0.313. The third kappa shape index (κ3) is 4.27. The first kappa shape index (κ1) is 20.2. The molecule has 10 heteroatoms. The van der Waals surface area contributed by atoms with E-state index in [-0.39, 0.29) is 6.03 Å². The van der Waals surface area contributed by atoms with Gasteiger partial charge in [0.05, 0.1) is 11.9 Å². The summed E-state index contributed by atoms with van der Waals surface area (Å²) in [5.41, 5.74) is 4.05. The molecular formula is C21H23N9O. The Labute approximate surface area is 179 Å². The van der Waals surface area contributed by atoms with Crippen molar-refractivity contribution in [2.24, 2.45) is 0 Å². The lowest BCUT2D eigenvalue weighted by Crippen LogP contribution is -2.28. The molecule has 4 heterocycles. The molecule has 4 aromatic rings. The lowest BCUT2D eigenvalue weighted by molar-refractivity contribution is 0.252. The van der Waals surface area contributed by atoms with E-state index in [0.717, 1.165) is 22.4 Å². The molecule has 158 valence electrons. The number of imidazole rings is 1. The standard InChI is InChI=1S/C21H23N9O/c1-5-22-21(31)28-17-12-30-16(19-23-8-13(2)9-24-19)6-14(7-18(30)27-17)15-10-25-20(26-11-15)29(3)4/h6-12H,5H2,1-4H3,(H2,22,28,31). The van der Waals surface area contributed by atoms with Crippen molar-refractivity contribution < 1.29 is 4.79 Å². The average molecular weight is 417 g/mol. The molecule has 0 aliphatic rings. The molecule has 0 unspecified atom stereocenters. The predicted octanol–water partition coefficient (Wildman–Crippen LogP) is 2.76. The SMILES string of the molecule is CCNC(=O)Nc1cn2c(-c3ncc(C)cn3)cc(-c3cnc(N(C)C)nc3)cc2n1. The molecule has 31 heavy (non-hydrogen) atoms. The number of carbonyl (C=O) groups excluding carboxylic acids is 1. The molecule has 0 bridgehead atoms. The van der Waals surface area contributed by atoms with Crippen LogP contribution in [0.25, 0.3) is 28.3 Å². The van der Waals surface area contributed by atoms with Crippen molar-refractivity contribution in [3.05, 3.63) is 48.7 Å². The summed E-state index contributed by atoms with van der Waals surface area (Å²) >= 11 is 0. The number of hydrogen-bond donors (Lipinski definition) is 2. The van der Waals surface area contributed by atoms with E-state index in [1.54, 1.807) is 31.0 Å². The van der Waals surface area contributed by atoms with Crippen molar-refractivity contribution in [2.75, 3.05) is 30.9 Å². The molecule has 2 amide bonds. The third-order valence-corrected chi connectivity index (χ3v) is 4.53. The highest BCUT2D eigenvalue weighted by molar-refractivity contribution is 5.88. The van der Waals surface area contributed by atoms with Crippen molar-refractivity contribution in [3.8, 4) is 22.6 Å². The van der Waals surface area contributed by atoms with E-state index in [1.165, 1.54) is 0 Å². The Morgan fingerprint density at radius 2 is 1.74 bits per heavy atom. The number of pyridine rings is 1. The van der Waals surface area contributed by atoms with Gasteiger partial charge in [-0.15, -0.1) is 0 Å². The smallest absolute Gasteiger partial charge is 0.320 e. The van der Waals surface area contributed by atoms with Crippen LogP contribution in [0.1, 0.15) is 12.5 Å². The number of rotatable bonds is 5. The van der Waals surface area contributed by atoms with Crippen LogP contribution >= 0.6 is 0 Å². The maximum absolute atomic E-state index is 11.9. The number of aromatic nitrogens is 6. The second kappa shape index (κ2) is 8.34. The van der Waals surface area contributed by atoms with Gasteiger partial charge in [-0.05, 0) is 37.1 Å². The number of aryl methyl sites for hydroxylation is 1. The summed E-state index contributed by atoms with van der Waals surface area (Å²) in [6.07, 6.45) is 8.81. The molecule has 4 aromatic heterocycles. The summed E-state index contributed by atoms with van der Waals surface area (Å²) in [6, 6.07) is 3.56. The molecule has 0 fully saturated rings. The van der Waals surface area contributed by atoms with Crippen LogP contribution in [0.15, 0.2) is 43.1 Å². The van der Waals surface area contributed by atoms with Gasteiger partial charge < -0.3 is 10.2 Å². The van der Waals surface area contributed by atoms with E-state index < -0.39 is 0 Å². The van der Waals surface area contributed by atoms with Crippen LogP contribution in [0.5, 0.6) is 0 Å². The maximum atomic E-state index is 11.9. The van der Waals surface area contributed by atoms with Crippen LogP contribution in [0.4, 0.5) is 16.6 Å². The number of carbonyl (C=O) groups is 1. The molecule has 0 aromatic carbocycles. The van der Waals surface area contributed by atoms with Crippen LogP contribution < -0.4 is 15.5 Å². The van der Waals surface area contributed by atoms with Crippen molar-refractivity contribution in [1.29, 1.82) is 0 Å². The first-order valence-corrected chi connectivity index (χ1v) is 9.81. The van der Waals surface area contributed by atoms with Crippen molar-refractivity contribution in [3.63, 3.8) is 0 Å². The highest BCUT2D eigenvalue weighted by atomic mass is 16.2. The molecular weight excluding hydrogens is 394 g/mol. The van der Waals surface area contributed by atoms with E-state index in [1.807, 2.05) is 49.4 Å². The molecule has 0 saturated carbocycles. The summed E-state index contributed by atoms with van der Waals surface area (Å²) in [6.45, 7) is 4.31. The molecule has 0 spiro atoms. The summed E-state index contributed by atoms with van der Waals surface area (Å²) in [7, 11) is 3.78. The number of fused-ring (bicyclic) bond motifs is 1. The van der Waals surface area contributed by atoms with Gasteiger partial charge in [-0.2, -0.15) is 0 Å². The Bertz CT molecular complexity index is 1210. The van der Waals surface area contributed by atoms with E-state index in [9.17, 15) is 4.79 Å². The highest BCUT2D eigenvalue weighted by Gasteiger charge is 2.14. The Kier molecular flexibility index (Phi) is 5.44. The van der Waals surface area contributed by atoms with Gasteiger partial charge in [-0.1, -0.05) is 0 Å². The van der Waals surface area contributed by atoms with Gasteiger partial charge >= 0.3 is 6.03 Å². The van der Waals surface area contributed by atoms with Crippen molar-refractivity contribution in [1.82, 2.24) is 34.6 Å². The fourth-order valence-electron chi connectivity index (χ4n) is 3.03. The van der Waals surface area contributed by atoms with Gasteiger partial charge in [0.1, 0.15) is 5.65 Å². The average Bonchev–Trinajstić information content (AvgIpc) is 3.16. The number of anilines is 2. The molecule has 0 saturated heterocycles. The lowest BCUT2D eigenvalue weighted by Gasteiger charge is -2.11. The van der Waals surface area contributed by atoms with Crippen LogP contribution in [0.3, 0.4) is 0 Å². The van der Waals surface area contributed by atoms with E-state index in [4.69, 9.17) is 0 Å². The number of amides is 2. The van der Waals surface area contributed by atoms with Crippen LogP contribution in [0, 0.1) is 6.92 Å². The quantitative estimate of drug-likeness (QED) is 0.513. The number of nitrogens with zero attached hydrogens (tertiary/aromatic N) is 7. The summed E-state index contributed by atoms with van der Waals surface area (Å²) in [5.74, 6) is 1.60. The fourth-order valence-corrected chi connectivity index (χ4v) is 3.03. The van der Waals surface area contributed by atoms with Gasteiger partial charge in [0.2, 0.25) is 5.95 Å². The van der Waals surface area contributed by atoms with Gasteiger partial charge in [0.25, 0.3) is 0 Å². The Balaban J connectivity index is 1.83. The summed E-state index contributed by atoms with van der Waals surface area (Å²) in [4.78, 5) is 36.1. The predicted molar refractivity (Wildman–Crippen MR) is 119 cm³/mol. The van der Waals surface area contributed by atoms with Crippen molar-refractivity contribution in [2.45, 2.75) is 13.8 Å². The molecule has 0 aliphatic heterocycles. The first-order chi connectivity index (χ1) is 14.9. The van der Waals surface area contributed by atoms with Crippen LogP contribution in [-0.2, 0) is 0 Å². The molecule has 10 nitrogen and oxygen atoms in total. The summed E-state index contributed by atoms with van der Waals surface area (Å²) < 4.78 is 1.85. The Morgan fingerprint density at radius 3 is 2.39 bits per heavy atom. The molecule has 2 N–H and O–H groups in total. The largest absolute Gasteiger partial charge is 0.347 e. The molecule has 4 rings (SSSR count). The third-order valence-electron chi connectivity index (χ3n) is 4.53. The Hall–Kier alpha value is -4.08. The first-order valence-electron chi connectivity index (χ1n) is 9.81. The minimum Gasteiger partial charge on any atom is -0.347 e. The topological polar surface area (TPSA) is 113 Å². The van der Waals surface area contributed by atoms with Crippen LogP contribution in [-0.4, -0.2) is 56.0 Å². The second-order valence-electron chi connectivity index (χ2n) is 7.22. The van der Waals surface area contributed by atoms with Gasteiger partial charge in [0.15, 0.2) is 11.6 Å². The molecule has 0 radical (unpaired) electrons. The second-order valence-corrected chi connectivity index (χ2v) is 7.22. The highest BCUT2D eigenvalue weighted by Crippen LogP contribution is 2.28. The zero-order valence-electron chi connectivity index (χ0n) is 17.8. The Morgan fingerprint density at radius 1 is 1.03 bits per heavy atom. The molecule has 0 aliphatic carbocycles. The number of urea groups is 1. The normalized spacial score (nSPS) is 10.8. The van der Waals surface area contributed by atoms with E-state index >= 15 is 0 Å². The van der Waals surface area contributed by atoms with E-state index in [2.05, 4.69) is 35.6 Å². The lowest BCUT2D eigenvalue weighted by atomic mass is 10.1. The zero-order valence-corrected chi connectivity index (χ0v) is 17.8. The van der Waals surface area contributed by atoms with Crippen molar-refractivity contribution >= 4 is 23.4 Å². The van der Waals surface area contributed by atoms with Crippen LogP contribution in [0.2, 0.25) is 0 Å². The van der Waals surface area contributed by atoms with Gasteiger partial charge in [-0.3, -0.25) is 9.72 Å². The van der Waals surface area contributed by atoms with E-state index in [0.29, 0.717) is 29.8 Å². The minimum absolute atomic E-state index is 0.313. The van der Waals surface area contributed by atoms with Gasteiger partial charge in [0, 0.05) is 51.0 Å². The monoisotopic (exact) mass is 417 g/mol. The summed E-state index contributed by atoms with van der Waals surface area (Å²) in [5, 5.41) is 5.44. The number of hydrogen-bond acceptors (Lipinski definition) is 7. The number of nitrogens with one attached hydrogen (secondary N) is 2. The molecule has 0 atom stereocenters. The maximum Gasteiger partial charge on any atom is 0.320 e. The fraction of sp³-hybridized carbons (Fsp3) is 0.238. The van der Waals surface area contributed by atoms with Gasteiger partial charge in [-0.25, -0.2) is 29.7 Å². The zero-order chi connectivity index (χ0) is 22.0.